The third kappa shape index (κ3) is 4.05. The summed E-state index contributed by atoms with van der Waals surface area (Å²) < 4.78 is 4.40. The van der Waals surface area contributed by atoms with Crippen molar-refractivity contribution in [1.82, 2.24) is 0 Å². The average molecular weight is 124 g/mol. The Morgan fingerprint density at radius 1 is 1.86 bits per heavy atom. The van der Waals surface area contributed by atoms with Gasteiger partial charge in [0.2, 0.25) is 0 Å². The number of ether oxygens (including phenoxy) is 1. The summed E-state index contributed by atoms with van der Waals surface area (Å²) in [5.41, 5.74) is 0. The summed E-state index contributed by atoms with van der Waals surface area (Å²) in [4.78, 5) is 0. The largest absolute Gasteiger partial charge is 0.334 e. The highest BCUT2D eigenvalue weighted by molar-refractivity contribution is 6.17. The molecule has 0 saturated heterocycles. The number of hydrogen-bond acceptors (Lipinski definition) is 1. The van der Waals surface area contributed by atoms with Crippen molar-refractivity contribution < 1.29 is 9.84 Å². The molecule has 1 radical (unpaired) electrons. The third-order valence-corrected chi connectivity index (χ3v) is 0.708. The van der Waals surface area contributed by atoms with Crippen LogP contribution < -0.4 is 0 Å². The van der Waals surface area contributed by atoms with Crippen LogP contribution in [0.4, 0.5) is 0 Å². The van der Waals surface area contributed by atoms with Gasteiger partial charge in [0.15, 0.2) is 6.29 Å². The van der Waals surface area contributed by atoms with Gasteiger partial charge >= 0.3 is 0 Å². The van der Waals surface area contributed by atoms with Gasteiger partial charge in [0.1, 0.15) is 6.07 Å². The highest BCUT2D eigenvalue weighted by Crippen LogP contribution is 1.93. The molecule has 0 aliphatic carbocycles. The van der Waals surface area contributed by atoms with Gasteiger partial charge in [-0.3, -0.25) is 0 Å². The molecule has 0 heterocycles. The molecule has 2 nitrogen and oxygen atoms in total. The second-order valence-corrected chi connectivity index (χ2v) is 1.33. The Kier molecular flexibility index (Phi) is 4.50. The van der Waals surface area contributed by atoms with Crippen molar-refractivity contribution in [3.8, 4) is 0 Å². The molecular formula is C4H8ClO2. The molecule has 0 saturated carbocycles. The van der Waals surface area contributed by atoms with Crippen LogP contribution in [0.2, 0.25) is 0 Å². The second kappa shape index (κ2) is 4.37. The maximum atomic E-state index is 10.2. The first-order valence-corrected chi connectivity index (χ1v) is 2.68. The predicted molar refractivity (Wildman–Crippen MR) is 26.6 cm³/mol. The van der Waals surface area contributed by atoms with Crippen molar-refractivity contribution in [2.24, 2.45) is 0 Å². The lowest BCUT2D eigenvalue weighted by Gasteiger charge is -2.00. The van der Waals surface area contributed by atoms with Gasteiger partial charge in [-0.15, -0.1) is 0 Å². The molecule has 0 rings (SSSR count). The lowest BCUT2D eigenvalue weighted by molar-refractivity contribution is -0.126. The molecule has 3 heteroatoms. The Morgan fingerprint density at radius 3 is 2.57 bits per heavy atom. The molecule has 0 aliphatic heterocycles. The van der Waals surface area contributed by atoms with Gasteiger partial charge in [0.05, 0.1) is 0 Å². The molecule has 0 N–H and O–H groups in total. The van der Waals surface area contributed by atoms with Gasteiger partial charge in [-0.05, 0) is 6.42 Å². The molecule has 1 unspecified atom stereocenters. The minimum absolute atomic E-state index is 0.00199. The first-order valence-electron chi connectivity index (χ1n) is 2.14. The molecule has 0 aromatic rings. The Balaban J connectivity index is 2.83. The Bertz CT molecular complexity index is 40.7. The van der Waals surface area contributed by atoms with Gasteiger partial charge < -0.3 is 4.74 Å². The van der Waals surface area contributed by atoms with Crippen LogP contribution in [-0.2, 0) is 9.84 Å². The van der Waals surface area contributed by atoms with E-state index in [1.165, 1.54) is 0 Å². The number of halogens is 1. The van der Waals surface area contributed by atoms with E-state index in [1.54, 1.807) is 6.92 Å². The van der Waals surface area contributed by atoms with Crippen LogP contribution in [-0.4, -0.2) is 12.4 Å². The summed E-state index contributed by atoms with van der Waals surface area (Å²) in [5, 5.41) is 10.2. The maximum absolute atomic E-state index is 10.2. The first kappa shape index (κ1) is 7.21. The Hall–Kier alpha value is 0.210. The van der Waals surface area contributed by atoms with E-state index in [0.717, 1.165) is 0 Å². The topological polar surface area (TPSA) is 29.1 Å². The van der Waals surface area contributed by atoms with E-state index in [1.807, 2.05) is 0 Å². The normalized spacial score (nSPS) is 14.1. The van der Waals surface area contributed by atoms with Crippen LogP contribution in [0, 0.1) is 0 Å². The van der Waals surface area contributed by atoms with Crippen LogP contribution in [0.1, 0.15) is 13.3 Å². The molecule has 0 bridgehead atoms. The fraction of sp³-hybridized carbons (Fsp3) is 1.00. The first-order chi connectivity index (χ1) is 3.31. The zero-order valence-electron chi connectivity index (χ0n) is 4.19. The van der Waals surface area contributed by atoms with E-state index in [2.05, 4.69) is 4.74 Å². The maximum Gasteiger partial charge on any atom is 0.192 e. The Morgan fingerprint density at radius 2 is 2.43 bits per heavy atom. The average Bonchev–Trinajstić information content (AvgIpc) is 1.68. The molecule has 1 atom stereocenters. The van der Waals surface area contributed by atoms with Gasteiger partial charge in [0, 0.05) is 0 Å². The van der Waals surface area contributed by atoms with Crippen LogP contribution in [0.25, 0.3) is 0 Å². The summed E-state index contributed by atoms with van der Waals surface area (Å²) >= 11 is 5.05. The standard InChI is InChI=1S/C4H8ClO2/c1-2-4(6)7-3-5/h4H,2-3H2,1H3. The molecule has 0 aromatic carbocycles. The van der Waals surface area contributed by atoms with Crippen molar-refractivity contribution in [1.29, 1.82) is 0 Å². The number of rotatable bonds is 3. The molecule has 0 amide bonds. The van der Waals surface area contributed by atoms with Gasteiger partial charge in [-0.1, -0.05) is 18.5 Å². The summed E-state index contributed by atoms with van der Waals surface area (Å²) in [5.74, 6) is 0. The molecule has 43 valence electrons. The molecule has 0 aliphatic rings. The van der Waals surface area contributed by atoms with Crippen LogP contribution in [0.3, 0.4) is 0 Å². The van der Waals surface area contributed by atoms with Crippen molar-refractivity contribution in [2.75, 3.05) is 6.07 Å². The lowest BCUT2D eigenvalue weighted by Crippen LogP contribution is -2.05. The highest BCUT2D eigenvalue weighted by atomic mass is 35.5. The van der Waals surface area contributed by atoms with Gasteiger partial charge in [-0.25, -0.2) is 5.11 Å². The summed E-state index contributed by atoms with van der Waals surface area (Å²) in [6.45, 7) is 1.75. The minimum atomic E-state index is -0.933. The number of alkyl halides is 1. The molecular weight excluding hydrogens is 115 g/mol. The van der Waals surface area contributed by atoms with E-state index in [-0.39, 0.29) is 6.07 Å². The smallest absolute Gasteiger partial charge is 0.192 e. The monoisotopic (exact) mass is 123 g/mol. The summed E-state index contributed by atoms with van der Waals surface area (Å²) in [7, 11) is 0. The van der Waals surface area contributed by atoms with E-state index < -0.39 is 6.29 Å². The molecule has 0 fully saturated rings. The minimum Gasteiger partial charge on any atom is -0.334 e. The molecule has 0 aromatic heterocycles. The van der Waals surface area contributed by atoms with E-state index in [0.29, 0.717) is 6.42 Å². The predicted octanol–water partition coefficient (Wildman–Crippen LogP) is 1.37. The molecule has 0 spiro atoms. The zero-order valence-corrected chi connectivity index (χ0v) is 4.94. The van der Waals surface area contributed by atoms with Gasteiger partial charge in [0.25, 0.3) is 0 Å². The van der Waals surface area contributed by atoms with Crippen molar-refractivity contribution in [2.45, 2.75) is 19.6 Å². The molecule has 7 heavy (non-hydrogen) atoms. The SMILES string of the molecule is CCC([O])OCCl. The summed E-state index contributed by atoms with van der Waals surface area (Å²) in [6.07, 6.45) is -0.454. The van der Waals surface area contributed by atoms with E-state index >= 15 is 0 Å². The quantitative estimate of drug-likeness (QED) is 0.412. The zero-order chi connectivity index (χ0) is 5.70. The Labute approximate surface area is 48.0 Å². The second-order valence-electron chi connectivity index (χ2n) is 1.11. The van der Waals surface area contributed by atoms with E-state index in [4.69, 9.17) is 11.6 Å². The fourth-order valence-electron chi connectivity index (χ4n) is 0.188. The van der Waals surface area contributed by atoms with Crippen molar-refractivity contribution in [3.05, 3.63) is 0 Å². The van der Waals surface area contributed by atoms with Crippen LogP contribution in [0.5, 0.6) is 0 Å². The fourth-order valence-corrected chi connectivity index (χ4v) is 0.329. The van der Waals surface area contributed by atoms with Crippen molar-refractivity contribution >= 4 is 11.6 Å². The van der Waals surface area contributed by atoms with Gasteiger partial charge in [-0.2, -0.15) is 0 Å². The third-order valence-electron chi connectivity index (χ3n) is 0.582. The lowest BCUT2D eigenvalue weighted by atomic mass is 10.5. The highest BCUT2D eigenvalue weighted by Gasteiger charge is 1.97. The van der Waals surface area contributed by atoms with Crippen molar-refractivity contribution in [3.63, 3.8) is 0 Å². The van der Waals surface area contributed by atoms with Crippen LogP contribution >= 0.6 is 11.6 Å². The van der Waals surface area contributed by atoms with E-state index in [9.17, 15) is 5.11 Å². The number of hydrogen-bond donors (Lipinski definition) is 0. The van der Waals surface area contributed by atoms with Crippen LogP contribution in [0.15, 0.2) is 0 Å². The summed E-state index contributed by atoms with van der Waals surface area (Å²) in [6, 6.07) is 0.00199.